The van der Waals surface area contributed by atoms with Crippen LogP contribution in [0, 0.1) is 0 Å². The fraction of sp³-hybridized carbons (Fsp3) is 0.533. The third-order valence-electron chi connectivity index (χ3n) is 3.22. The van der Waals surface area contributed by atoms with Gasteiger partial charge in [-0.2, -0.15) is 0 Å². The predicted molar refractivity (Wildman–Crippen MR) is 86.7 cm³/mol. The Kier molecular flexibility index (Phi) is 9.58. The number of methoxy groups -OCH3 is 2. The van der Waals surface area contributed by atoms with E-state index in [1.54, 1.807) is 19.1 Å². The van der Waals surface area contributed by atoms with Crippen molar-refractivity contribution in [3.05, 3.63) is 23.8 Å². The maximum Gasteiger partial charge on any atom is 0.222 e. The van der Waals surface area contributed by atoms with Crippen molar-refractivity contribution in [2.24, 2.45) is 0 Å². The van der Waals surface area contributed by atoms with E-state index in [0.717, 1.165) is 23.6 Å². The highest BCUT2D eigenvalue weighted by Gasteiger charge is 2.11. The molecule has 0 atom stereocenters. The lowest BCUT2D eigenvalue weighted by Crippen LogP contribution is -2.32. The van der Waals surface area contributed by atoms with Crippen molar-refractivity contribution < 1.29 is 14.3 Å². The molecular weight excluding hydrogens is 292 g/mol. The molecule has 0 radical (unpaired) electrons. The Hall–Kier alpha value is -1.46. The molecule has 0 saturated heterocycles. The van der Waals surface area contributed by atoms with Gasteiger partial charge in [-0.3, -0.25) is 4.79 Å². The number of nitrogens with one attached hydrogen (secondary N) is 1. The van der Waals surface area contributed by atoms with Crippen molar-refractivity contribution >= 4 is 18.3 Å². The maximum absolute atomic E-state index is 12.0. The van der Waals surface area contributed by atoms with E-state index in [2.05, 4.69) is 5.32 Å². The van der Waals surface area contributed by atoms with Gasteiger partial charge in [-0.1, -0.05) is 0 Å². The fourth-order valence-electron chi connectivity index (χ4n) is 1.91. The number of amides is 1. The van der Waals surface area contributed by atoms with E-state index in [1.165, 1.54) is 0 Å². The number of benzene rings is 1. The molecule has 1 amide bonds. The second-order valence-corrected chi connectivity index (χ2v) is 4.60. The van der Waals surface area contributed by atoms with Crippen LogP contribution in [0.2, 0.25) is 0 Å². The van der Waals surface area contributed by atoms with Crippen molar-refractivity contribution in [3.8, 4) is 11.5 Å². The van der Waals surface area contributed by atoms with Crippen LogP contribution < -0.4 is 14.8 Å². The molecule has 120 valence electrons. The van der Waals surface area contributed by atoms with Gasteiger partial charge in [0.1, 0.15) is 11.5 Å². The quantitative estimate of drug-likeness (QED) is 0.793. The largest absolute Gasteiger partial charge is 0.497 e. The Morgan fingerprint density at radius 3 is 2.57 bits per heavy atom. The van der Waals surface area contributed by atoms with Gasteiger partial charge >= 0.3 is 0 Å². The topological polar surface area (TPSA) is 50.8 Å². The number of carbonyl (C=O) groups excluding carboxylic acids is 1. The normalized spacial score (nSPS) is 9.71. The fourth-order valence-corrected chi connectivity index (χ4v) is 1.91. The van der Waals surface area contributed by atoms with Crippen LogP contribution in [0.4, 0.5) is 0 Å². The molecular formula is C15H25ClN2O3. The molecule has 21 heavy (non-hydrogen) atoms. The van der Waals surface area contributed by atoms with Crippen LogP contribution in [-0.2, 0) is 11.2 Å². The number of likely N-dealkylation sites (N-methyl/N-ethyl adjacent to an activating group) is 2. The van der Waals surface area contributed by atoms with Gasteiger partial charge < -0.3 is 19.7 Å². The highest BCUT2D eigenvalue weighted by Crippen LogP contribution is 2.25. The predicted octanol–water partition coefficient (Wildman–Crippen LogP) is 1.74. The van der Waals surface area contributed by atoms with E-state index in [0.29, 0.717) is 19.4 Å². The molecule has 5 nitrogen and oxygen atoms in total. The molecule has 0 aliphatic carbocycles. The Labute approximate surface area is 133 Å². The highest BCUT2D eigenvalue weighted by molar-refractivity contribution is 5.85. The zero-order chi connectivity index (χ0) is 15.0. The highest BCUT2D eigenvalue weighted by atomic mass is 35.5. The zero-order valence-electron chi connectivity index (χ0n) is 13.1. The number of rotatable bonds is 8. The number of halogens is 1. The van der Waals surface area contributed by atoms with Crippen LogP contribution in [0.3, 0.4) is 0 Å². The van der Waals surface area contributed by atoms with Crippen molar-refractivity contribution in [2.45, 2.75) is 12.8 Å². The summed E-state index contributed by atoms with van der Waals surface area (Å²) in [7, 11) is 6.95. The second kappa shape index (κ2) is 10.3. The molecule has 0 spiro atoms. The van der Waals surface area contributed by atoms with Gasteiger partial charge in [0.05, 0.1) is 14.2 Å². The molecule has 1 aromatic carbocycles. The molecule has 0 aromatic heterocycles. The zero-order valence-corrected chi connectivity index (χ0v) is 14.0. The van der Waals surface area contributed by atoms with Gasteiger partial charge in [0, 0.05) is 26.6 Å². The summed E-state index contributed by atoms with van der Waals surface area (Å²) in [4.78, 5) is 13.7. The third-order valence-corrected chi connectivity index (χ3v) is 3.22. The van der Waals surface area contributed by atoms with Gasteiger partial charge in [-0.25, -0.2) is 0 Å². The summed E-state index contributed by atoms with van der Waals surface area (Å²) >= 11 is 0. The van der Waals surface area contributed by atoms with Crippen LogP contribution in [0.5, 0.6) is 11.5 Å². The summed E-state index contributed by atoms with van der Waals surface area (Å²) in [5.74, 6) is 1.69. The van der Waals surface area contributed by atoms with E-state index in [1.807, 2.05) is 32.3 Å². The number of nitrogens with zero attached hydrogens (tertiary/aromatic N) is 1. The average molecular weight is 317 g/mol. The van der Waals surface area contributed by atoms with E-state index >= 15 is 0 Å². The van der Waals surface area contributed by atoms with E-state index in [9.17, 15) is 4.79 Å². The van der Waals surface area contributed by atoms with E-state index in [-0.39, 0.29) is 18.3 Å². The Balaban J connectivity index is 0.00000400. The summed E-state index contributed by atoms with van der Waals surface area (Å²) in [5, 5.41) is 3.03. The summed E-state index contributed by atoms with van der Waals surface area (Å²) in [6, 6.07) is 5.63. The number of carbonyl (C=O) groups is 1. The molecule has 0 fully saturated rings. The van der Waals surface area contributed by atoms with Gasteiger partial charge in [0.15, 0.2) is 0 Å². The summed E-state index contributed by atoms with van der Waals surface area (Å²) < 4.78 is 10.5. The summed E-state index contributed by atoms with van der Waals surface area (Å²) in [6.45, 7) is 1.51. The van der Waals surface area contributed by atoms with Crippen LogP contribution in [-0.4, -0.2) is 52.2 Å². The minimum absolute atomic E-state index is 0. The van der Waals surface area contributed by atoms with Gasteiger partial charge in [-0.15, -0.1) is 12.4 Å². The van der Waals surface area contributed by atoms with Crippen LogP contribution in [0.1, 0.15) is 12.0 Å². The molecule has 1 N–H and O–H groups in total. The first kappa shape index (κ1) is 19.5. The minimum atomic E-state index is 0. The molecule has 1 rings (SSSR count). The Bertz CT molecular complexity index is 441. The lowest BCUT2D eigenvalue weighted by atomic mass is 10.1. The van der Waals surface area contributed by atoms with Gasteiger partial charge in [0.2, 0.25) is 5.91 Å². The van der Waals surface area contributed by atoms with Crippen LogP contribution in [0.25, 0.3) is 0 Å². The maximum atomic E-state index is 12.0. The number of hydrogen-bond donors (Lipinski definition) is 1. The molecule has 6 heteroatoms. The van der Waals surface area contributed by atoms with Crippen molar-refractivity contribution in [1.29, 1.82) is 0 Å². The SMILES string of the molecule is CNCCN(C)C(=O)CCc1cc(OC)ccc1OC.Cl. The van der Waals surface area contributed by atoms with Gasteiger partial charge in [0.25, 0.3) is 0 Å². The van der Waals surface area contributed by atoms with Gasteiger partial charge in [-0.05, 0) is 37.2 Å². The first-order valence-corrected chi connectivity index (χ1v) is 6.71. The smallest absolute Gasteiger partial charge is 0.222 e. The van der Waals surface area contributed by atoms with Crippen molar-refractivity contribution in [3.63, 3.8) is 0 Å². The Morgan fingerprint density at radius 2 is 2.00 bits per heavy atom. The first-order valence-electron chi connectivity index (χ1n) is 6.71. The standard InChI is InChI=1S/C15H24N2O3.ClH/c1-16-9-10-17(2)15(18)8-5-12-11-13(19-3)6-7-14(12)20-4;/h6-7,11,16H,5,8-10H2,1-4H3;1H. The third kappa shape index (κ3) is 6.23. The lowest BCUT2D eigenvalue weighted by molar-refractivity contribution is -0.129. The van der Waals surface area contributed by atoms with Crippen LogP contribution >= 0.6 is 12.4 Å². The average Bonchev–Trinajstić information content (AvgIpc) is 2.49. The molecule has 0 heterocycles. The molecule has 0 saturated carbocycles. The first-order chi connectivity index (χ1) is 9.62. The van der Waals surface area contributed by atoms with E-state index < -0.39 is 0 Å². The lowest BCUT2D eigenvalue weighted by Gasteiger charge is -2.17. The summed E-state index contributed by atoms with van der Waals surface area (Å²) in [5.41, 5.74) is 0.988. The number of aryl methyl sites for hydroxylation is 1. The van der Waals surface area contributed by atoms with Crippen molar-refractivity contribution in [1.82, 2.24) is 10.2 Å². The number of hydrogen-bond acceptors (Lipinski definition) is 4. The molecule has 0 bridgehead atoms. The minimum Gasteiger partial charge on any atom is -0.497 e. The summed E-state index contributed by atoms with van der Waals surface area (Å²) in [6.07, 6.45) is 1.10. The second-order valence-electron chi connectivity index (χ2n) is 4.60. The number of ether oxygens (including phenoxy) is 2. The van der Waals surface area contributed by atoms with Crippen LogP contribution in [0.15, 0.2) is 18.2 Å². The van der Waals surface area contributed by atoms with E-state index in [4.69, 9.17) is 9.47 Å². The molecule has 0 unspecified atom stereocenters. The monoisotopic (exact) mass is 316 g/mol. The molecule has 0 aliphatic heterocycles. The van der Waals surface area contributed by atoms with Crippen molar-refractivity contribution in [2.75, 3.05) is 41.4 Å². The molecule has 1 aromatic rings. The Morgan fingerprint density at radius 1 is 1.29 bits per heavy atom. The molecule has 0 aliphatic rings.